The summed E-state index contributed by atoms with van der Waals surface area (Å²) in [5.74, 6) is 0.538. The molecule has 108 valence electrons. The summed E-state index contributed by atoms with van der Waals surface area (Å²) in [6.07, 6.45) is 1.72. The Morgan fingerprint density at radius 1 is 1.45 bits per heavy atom. The fourth-order valence-electron chi connectivity index (χ4n) is 2.42. The van der Waals surface area contributed by atoms with Gasteiger partial charge in [-0.1, -0.05) is 0 Å². The van der Waals surface area contributed by atoms with E-state index in [2.05, 4.69) is 10.3 Å². The molecule has 2 amide bonds. The smallest absolute Gasteiger partial charge is 0.245 e. The first-order chi connectivity index (χ1) is 9.43. The molecule has 0 radical (unpaired) electrons. The number of carbonyl (C=O) groups is 2. The number of nitrogens with one attached hydrogen (secondary N) is 1. The van der Waals surface area contributed by atoms with Crippen molar-refractivity contribution in [2.75, 3.05) is 13.7 Å². The molecule has 1 saturated heterocycles. The molecular formula is C14H19N3O3. The van der Waals surface area contributed by atoms with Crippen molar-refractivity contribution in [2.45, 2.75) is 33.4 Å². The van der Waals surface area contributed by atoms with Crippen LogP contribution < -0.4 is 10.1 Å². The van der Waals surface area contributed by atoms with Gasteiger partial charge >= 0.3 is 0 Å². The summed E-state index contributed by atoms with van der Waals surface area (Å²) in [4.78, 5) is 29.5. The van der Waals surface area contributed by atoms with Crippen molar-refractivity contribution in [1.29, 1.82) is 0 Å². The number of nitrogens with zero attached hydrogens (tertiary/aromatic N) is 2. The Bertz CT molecular complexity index is 557. The van der Waals surface area contributed by atoms with Crippen molar-refractivity contribution >= 4 is 11.8 Å². The van der Waals surface area contributed by atoms with Gasteiger partial charge in [-0.2, -0.15) is 0 Å². The lowest BCUT2D eigenvalue weighted by Gasteiger charge is -2.31. The molecule has 2 rings (SSSR count). The van der Waals surface area contributed by atoms with Crippen LogP contribution in [0.15, 0.2) is 6.20 Å². The summed E-state index contributed by atoms with van der Waals surface area (Å²) >= 11 is 0. The lowest BCUT2D eigenvalue weighted by atomic mass is 10.1. The second-order valence-corrected chi connectivity index (χ2v) is 5.03. The summed E-state index contributed by atoms with van der Waals surface area (Å²) in [7, 11) is 1.61. The van der Waals surface area contributed by atoms with Crippen molar-refractivity contribution < 1.29 is 14.3 Å². The molecule has 0 bridgehead atoms. The minimum atomic E-state index is -0.482. The summed E-state index contributed by atoms with van der Waals surface area (Å²) in [6.45, 7) is 5.90. The van der Waals surface area contributed by atoms with E-state index < -0.39 is 6.04 Å². The van der Waals surface area contributed by atoms with Crippen LogP contribution in [0.3, 0.4) is 0 Å². The first-order valence-corrected chi connectivity index (χ1v) is 6.51. The molecule has 0 saturated carbocycles. The third-order valence-corrected chi connectivity index (χ3v) is 3.48. The average Bonchev–Trinajstić information content (AvgIpc) is 2.39. The number of rotatable bonds is 3. The van der Waals surface area contributed by atoms with Gasteiger partial charge < -0.3 is 15.0 Å². The highest BCUT2D eigenvalue weighted by atomic mass is 16.5. The first-order valence-electron chi connectivity index (χ1n) is 6.51. The Kier molecular flexibility index (Phi) is 3.92. The van der Waals surface area contributed by atoms with Gasteiger partial charge in [-0.05, 0) is 20.8 Å². The van der Waals surface area contributed by atoms with Gasteiger partial charge in [0.25, 0.3) is 0 Å². The molecule has 20 heavy (non-hydrogen) atoms. The summed E-state index contributed by atoms with van der Waals surface area (Å²) in [6, 6.07) is -0.482. The van der Waals surface area contributed by atoms with Crippen molar-refractivity contribution in [2.24, 2.45) is 0 Å². The minimum Gasteiger partial charge on any atom is -0.496 e. The third-order valence-electron chi connectivity index (χ3n) is 3.48. The van der Waals surface area contributed by atoms with E-state index in [0.717, 1.165) is 22.6 Å². The molecular weight excluding hydrogens is 258 g/mol. The van der Waals surface area contributed by atoms with Gasteiger partial charge in [0.2, 0.25) is 11.8 Å². The van der Waals surface area contributed by atoms with Crippen molar-refractivity contribution in [3.8, 4) is 5.75 Å². The lowest BCUT2D eigenvalue weighted by Crippen LogP contribution is -2.56. The molecule has 1 atom stereocenters. The first kappa shape index (κ1) is 14.3. The molecule has 1 aliphatic heterocycles. The monoisotopic (exact) mass is 277 g/mol. The van der Waals surface area contributed by atoms with Gasteiger partial charge in [0, 0.05) is 17.3 Å². The number of carbonyl (C=O) groups excluding carboxylic acids is 2. The van der Waals surface area contributed by atoms with Gasteiger partial charge in [0.05, 0.1) is 19.3 Å². The summed E-state index contributed by atoms with van der Waals surface area (Å²) in [5, 5.41) is 2.62. The predicted molar refractivity (Wildman–Crippen MR) is 73.3 cm³/mol. The van der Waals surface area contributed by atoms with Crippen LogP contribution in [0.5, 0.6) is 5.75 Å². The van der Waals surface area contributed by atoms with Gasteiger partial charge in [0.15, 0.2) is 0 Å². The van der Waals surface area contributed by atoms with Crippen LogP contribution in [0.25, 0.3) is 0 Å². The Labute approximate surface area is 118 Å². The Hall–Kier alpha value is -2.11. The number of pyridine rings is 1. The lowest BCUT2D eigenvalue weighted by molar-refractivity contribution is -0.144. The Balaban J connectivity index is 2.26. The largest absolute Gasteiger partial charge is 0.496 e. The molecule has 6 heteroatoms. The number of piperazine rings is 1. The van der Waals surface area contributed by atoms with Crippen LogP contribution in [0.2, 0.25) is 0 Å². The van der Waals surface area contributed by atoms with Crippen LogP contribution in [0, 0.1) is 13.8 Å². The molecule has 0 aromatic carbocycles. The zero-order chi connectivity index (χ0) is 14.9. The highest BCUT2D eigenvalue weighted by molar-refractivity contribution is 5.94. The topological polar surface area (TPSA) is 71.5 Å². The van der Waals surface area contributed by atoms with E-state index >= 15 is 0 Å². The SMILES string of the molecule is COc1c(C)cnc(CN2CC(=O)NC(C)C2=O)c1C. The predicted octanol–water partition coefficient (Wildman–Crippen LogP) is 0.554. The van der Waals surface area contributed by atoms with Gasteiger partial charge in [-0.15, -0.1) is 0 Å². The zero-order valence-electron chi connectivity index (χ0n) is 12.2. The normalized spacial score (nSPS) is 19.0. The molecule has 1 N–H and O–H groups in total. The van der Waals surface area contributed by atoms with E-state index in [9.17, 15) is 9.59 Å². The second-order valence-electron chi connectivity index (χ2n) is 5.03. The number of aromatic nitrogens is 1. The average molecular weight is 277 g/mol. The fourth-order valence-corrected chi connectivity index (χ4v) is 2.42. The molecule has 1 aliphatic rings. The van der Waals surface area contributed by atoms with E-state index in [1.807, 2.05) is 13.8 Å². The summed E-state index contributed by atoms with van der Waals surface area (Å²) in [5.41, 5.74) is 2.60. The van der Waals surface area contributed by atoms with E-state index in [0.29, 0.717) is 6.54 Å². The number of hydrogen-bond acceptors (Lipinski definition) is 4. The quantitative estimate of drug-likeness (QED) is 0.876. The van der Waals surface area contributed by atoms with Crippen molar-refractivity contribution in [3.63, 3.8) is 0 Å². The van der Waals surface area contributed by atoms with Crippen molar-refractivity contribution in [3.05, 3.63) is 23.0 Å². The highest BCUT2D eigenvalue weighted by Gasteiger charge is 2.30. The Morgan fingerprint density at radius 2 is 2.15 bits per heavy atom. The van der Waals surface area contributed by atoms with Gasteiger partial charge in [-0.25, -0.2) is 0 Å². The fraction of sp³-hybridized carbons (Fsp3) is 0.500. The molecule has 0 spiro atoms. The van der Waals surface area contributed by atoms with E-state index in [1.165, 1.54) is 4.90 Å². The van der Waals surface area contributed by atoms with Gasteiger partial charge in [0.1, 0.15) is 18.3 Å². The van der Waals surface area contributed by atoms with Crippen LogP contribution >= 0.6 is 0 Å². The van der Waals surface area contributed by atoms with Crippen molar-refractivity contribution in [1.82, 2.24) is 15.2 Å². The number of ether oxygens (including phenoxy) is 1. The minimum absolute atomic E-state index is 0.0699. The third kappa shape index (κ3) is 2.59. The number of hydrogen-bond donors (Lipinski definition) is 1. The molecule has 1 aromatic rings. The Morgan fingerprint density at radius 3 is 2.80 bits per heavy atom. The van der Waals surface area contributed by atoms with Gasteiger partial charge in [-0.3, -0.25) is 14.6 Å². The standard InChI is InChI=1S/C14H19N3O3/c1-8-5-15-11(9(2)13(8)20-4)6-17-7-12(18)16-10(3)14(17)19/h5,10H,6-7H2,1-4H3,(H,16,18). The summed E-state index contributed by atoms with van der Waals surface area (Å²) < 4.78 is 5.35. The van der Waals surface area contributed by atoms with Crippen LogP contribution in [-0.4, -0.2) is 41.4 Å². The molecule has 1 unspecified atom stereocenters. The van der Waals surface area contributed by atoms with Crippen LogP contribution in [0.4, 0.5) is 0 Å². The molecule has 0 aliphatic carbocycles. The van der Waals surface area contributed by atoms with E-state index in [4.69, 9.17) is 4.74 Å². The second kappa shape index (κ2) is 5.48. The van der Waals surface area contributed by atoms with E-state index in [-0.39, 0.29) is 18.4 Å². The molecule has 1 aromatic heterocycles. The molecule has 6 nitrogen and oxygen atoms in total. The van der Waals surface area contributed by atoms with Crippen LogP contribution in [-0.2, 0) is 16.1 Å². The maximum absolute atomic E-state index is 12.1. The number of methoxy groups -OCH3 is 1. The molecule has 2 heterocycles. The number of aryl methyl sites for hydroxylation is 1. The van der Waals surface area contributed by atoms with Crippen LogP contribution in [0.1, 0.15) is 23.7 Å². The molecule has 1 fully saturated rings. The number of amides is 2. The zero-order valence-corrected chi connectivity index (χ0v) is 12.2. The highest BCUT2D eigenvalue weighted by Crippen LogP contribution is 2.25. The maximum Gasteiger partial charge on any atom is 0.245 e. The maximum atomic E-state index is 12.1. The van der Waals surface area contributed by atoms with E-state index in [1.54, 1.807) is 20.2 Å².